The fraction of sp³-hybridized carbons (Fsp3) is 0.273. The Morgan fingerprint density at radius 2 is 2.31 bits per heavy atom. The zero-order valence-electron chi connectivity index (χ0n) is 8.59. The second-order valence-corrected chi connectivity index (χ2v) is 4.18. The highest BCUT2D eigenvalue weighted by molar-refractivity contribution is 9.10. The molecule has 0 N–H and O–H groups in total. The minimum Gasteiger partial charge on any atom is -0.466 e. The minimum absolute atomic E-state index is 0.0583. The summed E-state index contributed by atoms with van der Waals surface area (Å²) in [5.74, 6) is -0.361. The van der Waals surface area contributed by atoms with E-state index in [2.05, 4.69) is 15.9 Å². The molecule has 0 unspecified atom stereocenters. The van der Waals surface area contributed by atoms with Crippen molar-refractivity contribution in [3.63, 3.8) is 0 Å². The fourth-order valence-electron chi connectivity index (χ4n) is 1.20. The van der Waals surface area contributed by atoms with Crippen molar-refractivity contribution in [2.75, 3.05) is 6.61 Å². The number of hydrogen-bond acceptors (Lipinski definition) is 3. The first-order chi connectivity index (χ1) is 7.60. The van der Waals surface area contributed by atoms with Crippen LogP contribution in [0.4, 0.5) is 0 Å². The molecule has 0 radical (unpaired) electrons. The third-order valence-electron chi connectivity index (χ3n) is 1.93. The average molecular weight is 303 g/mol. The maximum absolute atomic E-state index is 11.3. The molecule has 0 spiro atoms. The van der Waals surface area contributed by atoms with Gasteiger partial charge in [-0.15, -0.1) is 0 Å². The van der Waals surface area contributed by atoms with Crippen molar-refractivity contribution in [1.29, 1.82) is 5.26 Å². The second kappa shape index (κ2) is 5.88. The van der Waals surface area contributed by atoms with Crippen molar-refractivity contribution in [2.24, 2.45) is 0 Å². The summed E-state index contributed by atoms with van der Waals surface area (Å²) in [6.45, 7) is 2.06. The van der Waals surface area contributed by atoms with Crippen LogP contribution in [0.5, 0.6) is 0 Å². The number of carbonyl (C=O) groups excluding carboxylic acids is 1. The Balaban J connectivity index is 3.04. The van der Waals surface area contributed by atoms with Gasteiger partial charge in [-0.1, -0.05) is 11.6 Å². The lowest BCUT2D eigenvalue weighted by atomic mass is 10.1. The standard InChI is InChI=1S/C11H9BrClNO2/c1-2-16-10(15)5-8-9(13)4-3-7(6-14)11(8)12/h3-4H,2,5H2,1H3. The van der Waals surface area contributed by atoms with Crippen LogP contribution in [0, 0.1) is 11.3 Å². The van der Waals surface area contributed by atoms with Crippen LogP contribution >= 0.6 is 27.5 Å². The smallest absolute Gasteiger partial charge is 0.310 e. The molecule has 0 saturated carbocycles. The summed E-state index contributed by atoms with van der Waals surface area (Å²) >= 11 is 9.21. The van der Waals surface area contributed by atoms with Gasteiger partial charge in [0.15, 0.2) is 0 Å². The van der Waals surface area contributed by atoms with Crippen LogP contribution in [0.1, 0.15) is 18.1 Å². The number of rotatable bonds is 3. The van der Waals surface area contributed by atoms with E-state index >= 15 is 0 Å². The SMILES string of the molecule is CCOC(=O)Cc1c(Cl)ccc(C#N)c1Br. The quantitative estimate of drug-likeness (QED) is 0.806. The van der Waals surface area contributed by atoms with E-state index in [0.29, 0.717) is 27.2 Å². The zero-order chi connectivity index (χ0) is 12.1. The van der Waals surface area contributed by atoms with Gasteiger partial charge in [-0.05, 0) is 40.5 Å². The molecule has 0 amide bonds. The van der Waals surface area contributed by atoms with E-state index < -0.39 is 0 Å². The van der Waals surface area contributed by atoms with Crippen LogP contribution in [-0.2, 0) is 16.0 Å². The molecule has 1 aromatic carbocycles. The van der Waals surface area contributed by atoms with Crippen molar-refractivity contribution in [3.8, 4) is 6.07 Å². The Labute approximate surface area is 107 Å². The Morgan fingerprint density at radius 3 is 2.88 bits per heavy atom. The monoisotopic (exact) mass is 301 g/mol. The first-order valence-corrected chi connectivity index (χ1v) is 5.79. The van der Waals surface area contributed by atoms with E-state index in [9.17, 15) is 4.79 Å². The van der Waals surface area contributed by atoms with E-state index in [4.69, 9.17) is 21.6 Å². The van der Waals surface area contributed by atoms with Crippen LogP contribution in [0.3, 0.4) is 0 Å². The lowest BCUT2D eigenvalue weighted by Gasteiger charge is -2.07. The maximum Gasteiger partial charge on any atom is 0.310 e. The van der Waals surface area contributed by atoms with E-state index in [0.717, 1.165) is 0 Å². The predicted octanol–water partition coefficient (Wildman–Crippen LogP) is 3.08. The second-order valence-electron chi connectivity index (χ2n) is 2.98. The van der Waals surface area contributed by atoms with Crippen molar-refractivity contribution >= 4 is 33.5 Å². The Kier molecular flexibility index (Phi) is 4.78. The van der Waals surface area contributed by atoms with Gasteiger partial charge in [0.2, 0.25) is 0 Å². The highest BCUT2D eigenvalue weighted by atomic mass is 79.9. The summed E-state index contributed by atoms with van der Waals surface area (Å²) in [6, 6.07) is 5.21. The number of halogens is 2. The molecule has 0 aliphatic heterocycles. The van der Waals surface area contributed by atoms with Crippen LogP contribution in [-0.4, -0.2) is 12.6 Å². The maximum atomic E-state index is 11.3. The number of benzene rings is 1. The number of carbonyl (C=O) groups is 1. The molecule has 0 saturated heterocycles. The normalized spacial score (nSPS) is 9.62. The molecule has 3 nitrogen and oxygen atoms in total. The van der Waals surface area contributed by atoms with Gasteiger partial charge >= 0.3 is 5.97 Å². The van der Waals surface area contributed by atoms with Crippen molar-refractivity contribution in [3.05, 3.63) is 32.8 Å². The Hall–Kier alpha value is -1.05. The average Bonchev–Trinajstić information content (AvgIpc) is 2.25. The molecule has 0 fully saturated rings. The fourth-order valence-corrected chi connectivity index (χ4v) is 2.12. The summed E-state index contributed by atoms with van der Waals surface area (Å²) in [6.07, 6.45) is 0.0583. The zero-order valence-corrected chi connectivity index (χ0v) is 10.9. The van der Waals surface area contributed by atoms with Crippen molar-refractivity contribution in [1.82, 2.24) is 0 Å². The lowest BCUT2D eigenvalue weighted by molar-refractivity contribution is -0.142. The molecule has 0 atom stereocenters. The van der Waals surface area contributed by atoms with Gasteiger partial charge in [0.1, 0.15) is 6.07 Å². The third-order valence-corrected chi connectivity index (χ3v) is 3.19. The molecule has 0 bridgehead atoms. The van der Waals surface area contributed by atoms with Gasteiger partial charge in [-0.25, -0.2) is 0 Å². The molecular formula is C11H9BrClNO2. The minimum atomic E-state index is -0.361. The molecule has 0 heterocycles. The molecule has 1 aromatic rings. The summed E-state index contributed by atoms with van der Waals surface area (Å²) in [7, 11) is 0. The first-order valence-electron chi connectivity index (χ1n) is 4.62. The molecule has 1 rings (SSSR count). The van der Waals surface area contributed by atoms with Crippen LogP contribution in [0.2, 0.25) is 5.02 Å². The van der Waals surface area contributed by atoms with E-state index in [1.165, 1.54) is 0 Å². The molecule has 16 heavy (non-hydrogen) atoms. The molecule has 0 aliphatic carbocycles. The summed E-state index contributed by atoms with van der Waals surface area (Å²) in [4.78, 5) is 11.3. The van der Waals surface area contributed by atoms with E-state index in [-0.39, 0.29) is 12.4 Å². The third kappa shape index (κ3) is 2.97. The van der Waals surface area contributed by atoms with Gasteiger partial charge < -0.3 is 4.74 Å². The Bertz CT molecular complexity index is 454. The molecule has 0 aliphatic rings. The summed E-state index contributed by atoms with van der Waals surface area (Å²) in [5.41, 5.74) is 1.03. The number of esters is 1. The number of hydrogen-bond donors (Lipinski definition) is 0. The van der Waals surface area contributed by atoms with Gasteiger partial charge in [0.25, 0.3) is 0 Å². The highest BCUT2D eigenvalue weighted by Crippen LogP contribution is 2.28. The van der Waals surface area contributed by atoms with Crippen LogP contribution in [0.15, 0.2) is 16.6 Å². The van der Waals surface area contributed by atoms with Gasteiger partial charge in [-0.3, -0.25) is 4.79 Å². The van der Waals surface area contributed by atoms with E-state index in [1.807, 2.05) is 6.07 Å². The summed E-state index contributed by atoms with van der Waals surface area (Å²) < 4.78 is 5.38. The largest absolute Gasteiger partial charge is 0.466 e. The van der Waals surface area contributed by atoms with Crippen LogP contribution < -0.4 is 0 Å². The van der Waals surface area contributed by atoms with Crippen molar-refractivity contribution in [2.45, 2.75) is 13.3 Å². The molecule has 0 aromatic heterocycles. The van der Waals surface area contributed by atoms with E-state index in [1.54, 1.807) is 19.1 Å². The van der Waals surface area contributed by atoms with Gasteiger partial charge in [0, 0.05) is 9.50 Å². The topological polar surface area (TPSA) is 50.1 Å². The number of ether oxygens (including phenoxy) is 1. The Morgan fingerprint density at radius 1 is 1.62 bits per heavy atom. The number of nitrogens with zero attached hydrogens (tertiary/aromatic N) is 1. The molecule has 5 heteroatoms. The first kappa shape index (κ1) is 13.0. The molecular weight excluding hydrogens is 293 g/mol. The highest BCUT2D eigenvalue weighted by Gasteiger charge is 2.14. The van der Waals surface area contributed by atoms with Gasteiger partial charge in [0.05, 0.1) is 18.6 Å². The predicted molar refractivity (Wildman–Crippen MR) is 64.2 cm³/mol. The van der Waals surface area contributed by atoms with Gasteiger partial charge in [-0.2, -0.15) is 5.26 Å². The lowest BCUT2D eigenvalue weighted by Crippen LogP contribution is -2.08. The molecule has 84 valence electrons. The van der Waals surface area contributed by atoms with Crippen molar-refractivity contribution < 1.29 is 9.53 Å². The summed E-state index contributed by atoms with van der Waals surface area (Å²) in [5, 5.41) is 9.28. The van der Waals surface area contributed by atoms with Crippen LogP contribution in [0.25, 0.3) is 0 Å². The number of nitriles is 1.